The Labute approximate surface area is 167 Å². The monoisotopic (exact) mass is 428 g/mol. The van der Waals surface area contributed by atoms with Crippen molar-refractivity contribution in [1.29, 1.82) is 0 Å². The Balaban J connectivity index is 1.73. The predicted molar refractivity (Wildman–Crippen MR) is 96.8 cm³/mol. The normalized spacial score (nSPS) is 15.7. The van der Waals surface area contributed by atoms with Crippen molar-refractivity contribution in [2.75, 3.05) is 22.7 Å². The minimum absolute atomic E-state index is 0.0518. The van der Waals surface area contributed by atoms with Crippen LogP contribution in [0.25, 0.3) is 0 Å². The van der Waals surface area contributed by atoms with Gasteiger partial charge in [0, 0.05) is 6.20 Å². The van der Waals surface area contributed by atoms with Gasteiger partial charge in [0.2, 0.25) is 5.95 Å². The van der Waals surface area contributed by atoms with E-state index in [9.17, 15) is 27.2 Å². The van der Waals surface area contributed by atoms with Crippen molar-refractivity contribution in [1.82, 2.24) is 15.3 Å². The van der Waals surface area contributed by atoms with Crippen LogP contribution in [0, 0.1) is 5.82 Å². The van der Waals surface area contributed by atoms with E-state index in [1.807, 2.05) is 5.48 Å². The summed E-state index contributed by atoms with van der Waals surface area (Å²) in [6.07, 6.45) is -3.72. The van der Waals surface area contributed by atoms with Gasteiger partial charge >= 0.3 is 18.2 Å². The van der Waals surface area contributed by atoms with Crippen molar-refractivity contribution in [3.63, 3.8) is 0 Å². The zero-order valence-electron chi connectivity index (χ0n) is 15.7. The van der Waals surface area contributed by atoms with Gasteiger partial charge in [0.15, 0.2) is 0 Å². The number of alkyl halides is 3. The number of nitrogens with zero attached hydrogens (tertiary/aromatic N) is 3. The Morgan fingerprint density at radius 1 is 1.37 bits per heavy atom. The number of nitrogens with two attached hydrogens (primary N) is 1. The van der Waals surface area contributed by atoms with Crippen LogP contribution in [0.15, 0.2) is 24.4 Å². The summed E-state index contributed by atoms with van der Waals surface area (Å²) in [5, 5.41) is 2.71. The van der Waals surface area contributed by atoms with Gasteiger partial charge in [-0.2, -0.15) is 18.2 Å². The Hall–Kier alpha value is -3.64. The number of urea groups is 1. The highest BCUT2D eigenvalue weighted by Gasteiger charge is 2.37. The lowest BCUT2D eigenvalue weighted by Crippen LogP contribution is -2.36. The molecule has 4 N–H and O–H groups in total. The third-order valence-electron chi connectivity index (χ3n) is 4.06. The molecule has 2 aromatic rings. The van der Waals surface area contributed by atoms with Gasteiger partial charge in [0.1, 0.15) is 22.9 Å². The largest absolute Gasteiger partial charge is 0.416 e. The zero-order valence-corrected chi connectivity index (χ0v) is 15.7. The molecule has 1 aromatic carbocycles. The fourth-order valence-corrected chi connectivity index (χ4v) is 2.63. The molecule has 9 nitrogen and oxygen atoms in total. The maximum absolute atomic E-state index is 13.7. The lowest BCUT2D eigenvalue weighted by Gasteiger charge is -2.17. The summed E-state index contributed by atoms with van der Waals surface area (Å²) >= 11 is 0. The highest BCUT2D eigenvalue weighted by molar-refractivity contribution is 5.96. The molecule has 0 saturated carbocycles. The van der Waals surface area contributed by atoms with Crippen LogP contribution in [0.3, 0.4) is 0 Å². The van der Waals surface area contributed by atoms with E-state index in [2.05, 4.69) is 20.1 Å². The molecule has 1 saturated heterocycles. The van der Waals surface area contributed by atoms with E-state index < -0.39 is 40.8 Å². The molecule has 30 heavy (non-hydrogen) atoms. The van der Waals surface area contributed by atoms with E-state index in [1.165, 1.54) is 4.90 Å². The number of nitrogen functional groups attached to an aromatic ring is 1. The van der Waals surface area contributed by atoms with E-state index in [-0.39, 0.29) is 23.9 Å². The quantitative estimate of drug-likeness (QED) is 0.506. The van der Waals surface area contributed by atoms with E-state index in [1.54, 1.807) is 13.8 Å². The van der Waals surface area contributed by atoms with Crippen molar-refractivity contribution >= 4 is 29.5 Å². The van der Waals surface area contributed by atoms with Crippen molar-refractivity contribution < 1.29 is 32.0 Å². The molecule has 0 unspecified atom stereocenters. The topological polar surface area (TPSA) is 122 Å². The molecule has 0 radical (unpaired) electrons. The fraction of sp³-hybridized carbons (Fsp3) is 0.294. The van der Waals surface area contributed by atoms with Crippen molar-refractivity contribution in [3.8, 4) is 0 Å². The predicted octanol–water partition coefficient (Wildman–Crippen LogP) is 2.71. The van der Waals surface area contributed by atoms with Crippen LogP contribution in [-0.2, 0) is 11.0 Å². The zero-order chi connectivity index (χ0) is 22.3. The maximum Gasteiger partial charge on any atom is 0.416 e. The van der Waals surface area contributed by atoms with E-state index in [0.29, 0.717) is 18.2 Å². The van der Waals surface area contributed by atoms with Gasteiger partial charge in [-0.15, -0.1) is 0 Å². The van der Waals surface area contributed by atoms with E-state index in [4.69, 9.17) is 5.73 Å². The van der Waals surface area contributed by atoms with Gasteiger partial charge < -0.3 is 15.9 Å². The number of hydrogen-bond acceptors (Lipinski definition) is 7. The summed E-state index contributed by atoms with van der Waals surface area (Å²) in [5.41, 5.74) is 4.85. The average Bonchev–Trinajstić information content (AvgIpc) is 2.92. The van der Waals surface area contributed by atoms with Crippen LogP contribution in [0.1, 0.15) is 29.8 Å². The molecular formula is C17H16F4N6O3. The molecule has 1 aliphatic rings. The van der Waals surface area contributed by atoms with Crippen molar-refractivity contribution in [2.24, 2.45) is 0 Å². The Morgan fingerprint density at radius 2 is 2.07 bits per heavy atom. The number of benzene rings is 1. The Morgan fingerprint density at radius 3 is 2.63 bits per heavy atom. The van der Waals surface area contributed by atoms with Crippen LogP contribution in [0.4, 0.5) is 39.8 Å². The highest BCUT2D eigenvalue weighted by Crippen LogP contribution is 2.32. The number of aromatic nitrogens is 2. The molecule has 1 aliphatic heterocycles. The number of carbonyl (C=O) groups excluding carboxylic acids is 2. The molecule has 1 aromatic heterocycles. The van der Waals surface area contributed by atoms with Crippen LogP contribution in [0.2, 0.25) is 0 Å². The number of amides is 2. The molecule has 0 spiro atoms. The summed E-state index contributed by atoms with van der Waals surface area (Å²) in [4.78, 5) is 37.8. The van der Waals surface area contributed by atoms with E-state index >= 15 is 0 Å². The second-order valence-electron chi connectivity index (χ2n) is 7.05. The SMILES string of the molecule is CC1(C)CN(c2ncc(C(=O)ONc3cc(C(F)(F)F)ccc3F)c(N)n2)C(=O)N1. The van der Waals surface area contributed by atoms with Crippen LogP contribution >= 0.6 is 0 Å². The first-order valence-electron chi connectivity index (χ1n) is 8.43. The van der Waals surface area contributed by atoms with Gasteiger partial charge in [0.25, 0.3) is 0 Å². The molecule has 1 fully saturated rings. The first-order chi connectivity index (χ1) is 13.9. The Bertz CT molecular complexity index is 1010. The summed E-state index contributed by atoms with van der Waals surface area (Å²) in [6, 6.07) is 1.12. The number of hydrogen-bond donors (Lipinski definition) is 3. The summed E-state index contributed by atoms with van der Waals surface area (Å²) in [5.74, 6) is -2.63. The first-order valence-corrected chi connectivity index (χ1v) is 8.43. The minimum Gasteiger partial charge on any atom is -0.383 e. The summed E-state index contributed by atoms with van der Waals surface area (Å²) in [7, 11) is 0. The fourth-order valence-electron chi connectivity index (χ4n) is 2.63. The van der Waals surface area contributed by atoms with Gasteiger partial charge in [-0.1, -0.05) is 0 Å². The van der Waals surface area contributed by atoms with Crippen molar-refractivity contribution in [2.45, 2.75) is 25.6 Å². The molecule has 3 rings (SSSR count). The third kappa shape index (κ3) is 4.34. The molecular weight excluding hydrogens is 412 g/mol. The summed E-state index contributed by atoms with van der Waals surface area (Å²) < 4.78 is 51.9. The summed E-state index contributed by atoms with van der Waals surface area (Å²) in [6.45, 7) is 3.84. The highest BCUT2D eigenvalue weighted by atomic mass is 19.4. The molecule has 2 heterocycles. The van der Waals surface area contributed by atoms with Crippen LogP contribution < -0.4 is 21.4 Å². The van der Waals surface area contributed by atoms with Gasteiger partial charge in [0.05, 0.1) is 17.6 Å². The lowest BCUT2D eigenvalue weighted by atomic mass is 10.1. The first kappa shape index (κ1) is 21.1. The molecule has 0 atom stereocenters. The molecule has 160 valence electrons. The smallest absolute Gasteiger partial charge is 0.383 e. The number of carbonyl (C=O) groups is 2. The van der Waals surface area contributed by atoms with Gasteiger partial charge in [-0.3, -0.25) is 4.90 Å². The number of halogens is 4. The maximum atomic E-state index is 13.7. The molecule has 0 aliphatic carbocycles. The number of rotatable bonds is 4. The molecule has 2 amide bonds. The number of nitrogens with one attached hydrogen (secondary N) is 2. The standard InChI is InChI=1S/C17H16F4N6O3/c1-16(2)7-27(15(29)25-16)14-23-6-9(12(22)24-14)13(28)30-26-11-5-8(17(19,20)21)3-4-10(11)18/h3-6,26H,7H2,1-2H3,(H,25,29)(H2,22,23,24). The Kier molecular flexibility index (Phi) is 5.14. The molecule has 0 bridgehead atoms. The second kappa shape index (κ2) is 7.31. The number of anilines is 3. The van der Waals surface area contributed by atoms with Crippen LogP contribution in [-0.4, -0.2) is 34.1 Å². The average molecular weight is 428 g/mol. The van der Waals surface area contributed by atoms with Gasteiger partial charge in [-0.05, 0) is 32.0 Å². The second-order valence-corrected chi connectivity index (χ2v) is 7.05. The minimum atomic E-state index is -4.71. The molecule has 13 heteroatoms. The van der Waals surface area contributed by atoms with Gasteiger partial charge in [-0.25, -0.2) is 24.4 Å². The van der Waals surface area contributed by atoms with Crippen molar-refractivity contribution in [3.05, 3.63) is 41.3 Å². The van der Waals surface area contributed by atoms with Crippen LogP contribution in [0.5, 0.6) is 0 Å². The third-order valence-corrected chi connectivity index (χ3v) is 4.06. The lowest BCUT2D eigenvalue weighted by molar-refractivity contribution is -0.137. The van der Waals surface area contributed by atoms with E-state index in [0.717, 1.165) is 6.20 Å².